The molecule has 19 heavy (non-hydrogen) atoms. The molecule has 0 aliphatic heterocycles. The minimum atomic E-state index is 0.122. The van der Waals surface area contributed by atoms with Gasteiger partial charge in [0.25, 0.3) is 0 Å². The molecule has 0 fully saturated rings. The molecule has 0 aliphatic carbocycles. The van der Waals surface area contributed by atoms with E-state index in [-0.39, 0.29) is 11.5 Å². The van der Waals surface area contributed by atoms with Crippen LogP contribution in [0.5, 0.6) is 11.5 Å². The number of ether oxygens (including phenoxy) is 2. The molecule has 0 spiro atoms. The molecule has 0 radical (unpaired) electrons. The first-order valence-electron chi connectivity index (χ1n) is 6.46. The zero-order valence-corrected chi connectivity index (χ0v) is 14.0. The van der Waals surface area contributed by atoms with E-state index in [4.69, 9.17) is 15.2 Å². The van der Waals surface area contributed by atoms with Gasteiger partial charge in [0, 0.05) is 6.04 Å². The van der Waals surface area contributed by atoms with Crippen molar-refractivity contribution in [2.45, 2.75) is 39.7 Å². The summed E-state index contributed by atoms with van der Waals surface area (Å²) in [6.45, 7) is 6.50. The van der Waals surface area contributed by atoms with Crippen LogP contribution in [0.25, 0.3) is 0 Å². The molecule has 0 aliphatic rings. The predicted octanol–water partition coefficient (Wildman–Crippen LogP) is 3.77. The molecule has 1 unspecified atom stereocenters. The van der Waals surface area contributed by atoms with Crippen molar-refractivity contribution in [1.29, 1.82) is 0 Å². The molecule has 4 heteroatoms. The van der Waals surface area contributed by atoms with E-state index in [0.717, 1.165) is 34.4 Å². The number of hydrogen-bond acceptors (Lipinski definition) is 3. The van der Waals surface area contributed by atoms with Crippen molar-refractivity contribution in [2.24, 2.45) is 11.1 Å². The van der Waals surface area contributed by atoms with Crippen molar-refractivity contribution in [1.82, 2.24) is 0 Å². The molecule has 0 aromatic heterocycles. The monoisotopic (exact) mass is 329 g/mol. The van der Waals surface area contributed by atoms with Crippen molar-refractivity contribution < 1.29 is 9.47 Å². The van der Waals surface area contributed by atoms with E-state index in [1.165, 1.54) is 0 Å². The summed E-state index contributed by atoms with van der Waals surface area (Å²) in [7, 11) is 3.32. The molecule has 0 saturated carbocycles. The van der Waals surface area contributed by atoms with Crippen LogP contribution < -0.4 is 15.2 Å². The van der Waals surface area contributed by atoms with E-state index in [0.29, 0.717) is 0 Å². The lowest BCUT2D eigenvalue weighted by Gasteiger charge is -2.27. The standard InChI is InChI=1S/C15H24BrNO2/c1-15(2,3)12(17)9-7-10-6-8-11(18-4)13(16)14(10)19-5/h6,8,12H,7,9,17H2,1-5H3. The number of halogens is 1. The Kier molecular flexibility index (Phi) is 5.68. The molecule has 0 bridgehead atoms. The maximum absolute atomic E-state index is 6.21. The molecule has 0 saturated heterocycles. The van der Waals surface area contributed by atoms with Gasteiger partial charge in [-0.3, -0.25) is 0 Å². The molecule has 0 heterocycles. The summed E-state index contributed by atoms with van der Waals surface area (Å²) in [6, 6.07) is 4.15. The van der Waals surface area contributed by atoms with E-state index in [9.17, 15) is 0 Å². The molecule has 1 atom stereocenters. The number of aryl methyl sites for hydroxylation is 1. The Morgan fingerprint density at radius 2 is 1.84 bits per heavy atom. The highest BCUT2D eigenvalue weighted by Crippen LogP contribution is 2.38. The van der Waals surface area contributed by atoms with Crippen molar-refractivity contribution in [3.05, 3.63) is 22.2 Å². The van der Waals surface area contributed by atoms with Gasteiger partial charge < -0.3 is 15.2 Å². The first-order chi connectivity index (χ1) is 8.81. The van der Waals surface area contributed by atoms with E-state index in [2.05, 4.69) is 36.7 Å². The van der Waals surface area contributed by atoms with E-state index < -0.39 is 0 Å². The number of nitrogens with two attached hydrogens (primary N) is 1. The van der Waals surface area contributed by atoms with Gasteiger partial charge in [-0.25, -0.2) is 0 Å². The second-order valence-electron chi connectivity index (χ2n) is 5.79. The Balaban J connectivity index is 2.88. The highest BCUT2D eigenvalue weighted by atomic mass is 79.9. The van der Waals surface area contributed by atoms with Crippen LogP contribution in [-0.2, 0) is 6.42 Å². The molecule has 0 amide bonds. The van der Waals surface area contributed by atoms with Crippen LogP contribution in [0, 0.1) is 5.41 Å². The number of benzene rings is 1. The first-order valence-corrected chi connectivity index (χ1v) is 7.25. The number of rotatable bonds is 5. The van der Waals surface area contributed by atoms with Crippen LogP contribution in [0.3, 0.4) is 0 Å². The Bertz CT molecular complexity index is 427. The van der Waals surface area contributed by atoms with Gasteiger partial charge in [0.1, 0.15) is 16.0 Å². The third-order valence-electron chi connectivity index (χ3n) is 3.40. The maximum atomic E-state index is 6.21. The quantitative estimate of drug-likeness (QED) is 0.894. The van der Waals surface area contributed by atoms with Gasteiger partial charge in [0.05, 0.1) is 14.2 Å². The zero-order valence-electron chi connectivity index (χ0n) is 12.4. The van der Waals surface area contributed by atoms with Crippen LogP contribution in [-0.4, -0.2) is 20.3 Å². The molecule has 3 nitrogen and oxygen atoms in total. The molecule has 2 N–H and O–H groups in total. The van der Waals surface area contributed by atoms with Gasteiger partial charge in [0.15, 0.2) is 0 Å². The van der Waals surface area contributed by atoms with Crippen LogP contribution in [0.4, 0.5) is 0 Å². The maximum Gasteiger partial charge on any atom is 0.139 e. The fourth-order valence-electron chi connectivity index (χ4n) is 1.90. The Hall–Kier alpha value is -0.740. The van der Waals surface area contributed by atoms with Gasteiger partial charge in [-0.1, -0.05) is 26.8 Å². The third-order valence-corrected chi connectivity index (χ3v) is 4.16. The highest BCUT2D eigenvalue weighted by Gasteiger charge is 2.21. The lowest BCUT2D eigenvalue weighted by Crippen LogP contribution is -2.35. The number of methoxy groups -OCH3 is 2. The SMILES string of the molecule is COc1ccc(CCC(N)C(C)(C)C)c(OC)c1Br. The fourth-order valence-corrected chi connectivity index (χ4v) is 2.61. The summed E-state index contributed by atoms with van der Waals surface area (Å²) in [5, 5.41) is 0. The molecular weight excluding hydrogens is 306 g/mol. The van der Waals surface area contributed by atoms with Crippen LogP contribution in [0.15, 0.2) is 16.6 Å². The molecule has 1 aromatic carbocycles. The minimum absolute atomic E-state index is 0.122. The van der Waals surface area contributed by atoms with Gasteiger partial charge in [-0.2, -0.15) is 0 Å². The average Bonchev–Trinajstić information content (AvgIpc) is 2.34. The van der Waals surface area contributed by atoms with Crippen LogP contribution in [0.2, 0.25) is 0 Å². The van der Waals surface area contributed by atoms with Gasteiger partial charge in [-0.15, -0.1) is 0 Å². The van der Waals surface area contributed by atoms with Gasteiger partial charge >= 0.3 is 0 Å². The van der Waals surface area contributed by atoms with Crippen LogP contribution in [0.1, 0.15) is 32.8 Å². The topological polar surface area (TPSA) is 44.5 Å². The Morgan fingerprint density at radius 1 is 1.21 bits per heavy atom. The summed E-state index contributed by atoms with van der Waals surface area (Å²) < 4.78 is 11.6. The fraction of sp³-hybridized carbons (Fsp3) is 0.600. The largest absolute Gasteiger partial charge is 0.495 e. The van der Waals surface area contributed by atoms with E-state index in [1.54, 1.807) is 14.2 Å². The molecule has 1 rings (SSSR count). The van der Waals surface area contributed by atoms with Crippen molar-refractivity contribution in [2.75, 3.05) is 14.2 Å². The smallest absolute Gasteiger partial charge is 0.139 e. The summed E-state index contributed by atoms with van der Waals surface area (Å²) in [4.78, 5) is 0. The zero-order chi connectivity index (χ0) is 14.6. The lowest BCUT2D eigenvalue weighted by atomic mass is 9.84. The molecule has 1 aromatic rings. The third kappa shape index (κ3) is 4.11. The van der Waals surface area contributed by atoms with Crippen molar-refractivity contribution in [3.8, 4) is 11.5 Å². The summed E-state index contributed by atoms with van der Waals surface area (Å²) in [5.41, 5.74) is 7.48. The van der Waals surface area contributed by atoms with E-state index in [1.807, 2.05) is 12.1 Å². The lowest BCUT2D eigenvalue weighted by molar-refractivity contribution is 0.304. The molecular formula is C15H24BrNO2. The normalized spacial score (nSPS) is 13.2. The van der Waals surface area contributed by atoms with E-state index >= 15 is 0 Å². The summed E-state index contributed by atoms with van der Waals surface area (Å²) in [6.07, 6.45) is 1.82. The minimum Gasteiger partial charge on any atom is -0.495 e. The van der Waals surface area contributed by atoms with Crippen molar-refractivity contribution >= 4 is 15.9 Å². The second-order valence-corrected chi connectivity index (χ2v) is 6.58. The molecule has 108 valence electrons. The van der Waals surface area contributed by atoms with Crippen LogP contribution >= 0.6 is 15.9 Å². The van der Waals surface area contributed by atoms with Gasteiger partial charge in [0.2, 0.25) is 0 Å². The van der Waals surface area contributed by atoms with Gasteiger partial charge in [-0.05, 0) is 45.8 Å². The Labute approximate surface area is 124 Å². The highest BCUT2D eigenvalue weighted by molar-refractivity contribution is 9.10. The average molecular weight is 330 g/mol. The first kappa shape index (κ1) is 16.3. The Morgan fingerprint density at radius 3 is 2.32 bits per heavy atom. The summed E-state index contributed by atoms with van der Waals surface area (Å²) in [5.74, 6) is 1.61. The predicted molar refractivity (Wildman–Crippen MR) is 83.0 cm³/mol. The number of hydrogen-bond donors (Lipinski definition) is 1. The van der Waals surface area contributed by atoms with Crippen molar-refractivity contribution in [3.63, 3.8) is 0 Å². The second kappa shape index (κ2) is 6.62. The summed E-state index contributed by atoms with van der Waals surface area (Å²) >= 11 is 3.52.